The van der Waals surface area contributed by atoms with Crippen LogP contribution in [0.15, 0.2) is 45.8 Å². The summed E-state index contributed by atoms with van der Waals surface area (Å²) in [5.41, 5.74) is 0. The number of benzene rings is 2. The first-order chi connectivity index (χ1) is 9.42. The van der Waals surface area contributed by atoms with Crippen LogP contribution in [-0.2, 0) is 10.0 Å². The molecule has 0 radical (unpaired) electrons. The molecular weight excluding hydrogens is 340 g/mol. The third-order valence-electron chi connectivity index (χ3n) is 3.16. The van der Waals surface area contributed by atoms with Gasteiger partial charge in [0.1, 0.15) is 0 Å². The predicted octanol–water partition coefficient (Wildman–Crippen LogP) is 2.49. The Morgan fingerprint density at radius 1 is 1.15 bits per heavy atom. The molecule has 0 saturated carbocycles. The topological polar surface area (TPSA) is 58.2 Å². The predicted molar refractivity (Wildman–Crippen MR) is 85.4 cm³/mol. The third-order valence-corrected chi connectivity index (χ3v) is 5.07. The van der Waals surface area contributed by atoms with E-state index in [0.717, 1.165) is 15.2 Å². The Bertz CT molecular complexity index is 716. The Kier molecular flexibility index (Phi) is 4.80. The summed E-state index contributed by atoms with van der Waals surface area (Å²) in [7, 11) is -1.67. The van der Waals surface area contributed by atoms with Crippen molar-refractivity contribution in [3.8, 4) is 0 Å². The zero-order valence-electron chi connectivity index (χ0n) is 11.4. The molecule has 1 atom stereocenters. The van der Waals surface area contributed by atoms with E-state index in [1.54, 1.807) is 19.2 Å². The van der Waals surface area contributed by atoms with Crippen LogP contribution in [0.1, 0.15) is 6.92 Å². The van der Waals surface area contributed by atoms with Gasteiger partial charge in [-0.15, -0.1) is 0 Å². The van der Waals surface area contributed by atoms with E-state index in [1.807, 2.05) is 31.2 Å². The van der Waals surface area contributed by atoms with Crippen LogP contribution in [0.3, 0.4) is 0 Å². The van der Waals surface area contributed by atoms with Crippen LogP contribution in [-0.4, -0.2) is 28.1 Å². The average Bonchev–Trinajstić information content (AvgIpc) is 2.44. The van der Waals surface area contributed by atoms with Gasteiger partial charge in [0, 0.05) is 17.1 Å². The van der Waals surface area contributed by atoms with Gasteiger partial charge in [0.25, 0.3) is 0 Å². The molecule has 20 heavy (non-hydrogen) atoms. The van der Waals surface area contributed by atoms with Gasteiger partial charge < -0.3 is 5.32 Å². The van der Waals surface area contributed by atoms with Crippen molar-refractivity contribution < 1.29 is 8.42 Å². The highest BCUT2D eigenvalue weighted by Gasteiger charge is 2.15. The van der Waals surface area contributed by atoms with E-state index in [4.69, 9.17) is 0 Å². The van der Waals surface area contributed by atoms with Crippen molar-refractivity contribution in [2.24, 2.45) is 0 Å². The highest BCUT2D eigenvalue weighted by molar-refractivity contribution is 9.10. The summed E-state index contributed by atoms with van der Waals surface area (Å²) < 4.78 is 28.0. The first-order valence-corrected chi connectivity index (χ1v) is 8.56. The van der Waals surface area contributed by atoms with Crippen LogP contribution in [0, 0.1) is 0 Å². The van der Waals surface area contributed by atoms with Crippen molar-refractivity contribution in [3.05, 3.63) is 40.9 Å². The van der Waals surface area contributed by atoms with Crippen molar-refractivity contribution in [1.29, 1.82) is 0 Å². The van der Waals surface area contributed by atoms with E-state index >= 15 is 0 Å². The van der Waals surface area contributed by atoms with E-state index in [1.165, 1.54) is 0 Å². The molecule has 0 aromatic heterocycles. The molecule has 4 nitrogen and oxygen atoms in total. The fourth-order valence-electron chi connectivity index (χ4n) is 1.78. The highest BCUT2D eigenvalue weighted by atomic mass is 79.9. The maximum absolute atomic E-state index is 12.2. The molecule has 0 bridgehead atoms. The summed E-state index contributed by atoms with van der Waals surface area (Å²) in [5.74, 6) is 0. The molecule has 1 unspecified atom stereocenters. The minimum atomic E-state index is -3.47. The average molecular weight is 357 g/mol. The van der Waals surface area contributed by atoms with Gasteiger partial charge in [-0.2, -0.15) is 0 Å². The molecule has 0 saturated heterocycles. The van der Waals surface area contributed by atoms with Gasteiger partial charge in [0.15, 0.2) is 0 Å². The molecule has 2 aromatic rings. The number of likely N-dealkylation sites (N-methyl/N-ethyl adjacent to an activating group) is 1. The van der Waals surface area contributed by atoms with Gasteiger partial charge >= 0.3 is 0 Å². The van der Waals surface area contributed by atoms with E-state index in [0.29, 0.717) is 6.54 Å². The Morgan fingerprint density at radius 3 is 2.50 bits per heavy atom. The summed E-state index contributed by atoms with van der Waals surface area (Å²) in [6.45, 7) is 2.28. The molecule has 2 rings (SSSR count). The van der Waals surface area contributed by atoms with Crippen LogP contribution in [0.25, 0.3) is 10.8 Å². The second kappa shape index (κ2) is 6.22. The number of rotatable bonds is 5. The Balaban J connectivity index is 2.30. The maximum atomic E-state index is 12.2. The van der Waals surface area contributed by atoms with Gasteiger partial charge in [0.2, 0.25) is 10.0 Å². The van der Waals surface area contributed by atoms with E-state index in [2.05, 4.69) is 26.0 Å². The Hall–Kier alpha value is -0.950. The van der Waals surface area contributed by atoms with Gasteiger partial charge in [-0.3, -0.25) is 0 Å². The highest BCUT2D eigenvalue weighted by Crippen LogP contribution is 2.22. The summed E-state index contributed by atoms with van der Waals surface area (Å²) in [5, 5.41) is 4.90. The van der Waals surface area contributed by atoms with Gasteiger partial charge in [0.05, 0.1) is 4.90 Å². The first kappa shape index (κ1) is 15.4. The van der Waals surface area contributed by atoms with Crippen LogP contribution < -0.4 is 10.0 Å². The number of hydrogen-bond donors (Lipinski definition) is 2. The van der Waals surface area contributed by atoms with E-state index < -0.39 is 10.0 Å². The van der Waals surface area contributed by atoms with Crippen molar-refractivity contribution in [2.45, 2.75) is 17.9 Å². The molecule has 108 valence electrons. The molecule has 0 aliphatic heterocycles. The van der Waals surface area contributed by atoms with Gasteiger partial charge in [-0.1, -0.05) is 28.1 Å². The minimum Gasteiger partial charge on any atom is -0.316 e. The maximum Gasteiger partial charge on any atom is 0.240 e. The molecule has 2 aromatic carbocycles. The van der Waals surface area contributed by atoms with Crippen molar-refractivity contribution in [2.75, 3.05) is 13.6 Å². The summed E-state index contributed by atoms with van der Waals surface area (Å²) >= 11 is 3.40. The molecule has 6 heteroatoms. The first-order valence-electron chi connectivity index (χ1n) is 6.28. The smallest absolute Gasteiger partial charge is 0.240 e. The SMILES string of the molecule is CNC(C)CNS(=O)(=O)c1ccc2cc(Br)ccc2c1. The second-order valence-electron chi connectivity index (χ2n) is 4.69. The van der Waals surface area contributed by atoms with E-state index in [9.17, 15) is 8.42 Å². The normalized spacial score (nSPS) is 13.6. The minimum absolute atomic E-state index is 0.0844. The molecule has 0 fully saturated rings. The second-order valence-corrected chi connectivity index (χ2v) is 7.38. The summed E-state index contributed by atoms with van der Waals surface area (Å²) in [4.78, 5) is 0.288. The van der Waals surface area contributed by atoms with Crippen LogP contribution in [0.5, 0.6) is 0 Å². The standard InChI is InChI=1S/C14H17BrN2O2S/c1-10(16-2)9-17-20(18,19)14-6-4-11-7-13(15)5-3-12(11)8-14/h3-8,10,16-17H,9H2,1-2H3. The number of fused-ring (bicyclic) bond motifs is 1. The lowest BCUT2D eigenvalue weighted by atomic mass is 10.1. The molecule has 0 aliphatic carbocycles. The fourth-order valence-corrected chi connectivity index (χ4v) is 3.33. The van der Waals surface area contributed by atoms with Crippen LogP contribution in [0.2, 0.25) is 0 Å². The summed E-state index contributed by atoms with van der Waals surface area (Å²) in [6, 6.07) is 11.0. The number of halogens is 1. The van der Waals surface area contributed by atoms with Crippen LogP contribution >= 0.6 is 15.9 Å². The molecule has 0 heterocycles. The van der Waals surface area contributed by atoms with Crippen molar-refractivity contribution in [3.63, 3.8) is 0 Å². The Labute approximate surface area is 127 Å². The van der Waals surface area contributed by atoms with Crippen LogP contribution in [0.4, 0.5) is 0 Å². The molecule has 0 aliphatic rings. The molecular formula is C14H17BrN2O2S. The monoisotopic (exact) mass is 356 g/mol. The number of sulfonamides is 1. The lowest BCUT2D eigenvalue weighted by molar-refractivity contribution is 0.554. The van der Waals surface area contributed by atoms with E-state index in [-0.39, 0.29) is 10.9 Å². The Morgan fingerprint density at radius 2 is 1.80 bits per heavy atom. The number of hydrogen-bond acceptors (Lipinski definition) is 3. The fraction of sp³-hybridized carbons (Fsp3) is 0.286. The summed E-state index contributed by atoms with van der Waals surface area (Å²) in [6.07, 6.45) is 0. The number of nitrogens with one attached hydrogen (secondary N) is 2. The quantitative estimate of drug-likeness (QED) is 0.865. The van der Waals surface area contributed by atoms with Gasteiger partial charge in [-0.25, -0.2) is 13.1 Å². The van der Waals surface area contributed by atoms with Crippen molar-refractivity contribution >= 4 is 36.7 Å². The molecule has 2 N–H and O–H groups in total. The molecule has 0 spiro atoms. The lowest BCUT2D eigenvalue weighted by Crippen LogP contribution is -2.37. The lowest BCUT2D eigenvalue weighted by Gasteiger charge is -2.12. The molecule has 0 amide bonds. The zero-order chi connectivity index (χ0) is 14.8. The largest absolute Gasteiger partial charge is 0.316 e. The third kappa shape index (κ3) is 3.58. The zero-order valence-corrected chi connectivity index (χ0v) is 13.8. The van der Waals surface area contributed by atoms with Gasteiger partial charge in [-0.05, 0) is 49.0 Å². The van der Waals surface area contributed by atoms with Crippen molar-refractivity contribution in [1.82, 2.24) is 10.0 Å².